The average Bonchev–Trinajstić information content (AvgIpc) is 3.61. The van der Waals surface area contributed by atoms with Gasteiger partial charge in [-0.15, -0.1) is 0 Å². The van der Waals surface area contributed by atoms with E-state index in [1.54, 1.807) is 19.9 Å². The van der Waals surface area contributed by atoms with E-state index >= 15 is 0 Å². The third-order valence-corrected chi connectivity index (χ3v) is 7.55. The van der Waals surface area contributed by atoms with Gasteiger partial charge in [0.2, 0.25) is 0 Å². The van der Waals surface area contributed by atoms with Crippen LogP contribution in [-0.2, 0) is 14.3 Å². The van der Waals surface area contributed by atoms with Crippen LogP contribution in [0, 0.1) is 6.92 Å². The summed E-state index contributed by atoms with van der Waals surface area (Å²) < 4.78 is 16.4. The molecule has 1 aromatic heterocycles. The van der Waals surface area contributed by atoms with Gasteiger partial charge in [-0.2, -0.15) is 0 Å². The molecule has 8 nitrogen and oxygen atoms in total. The quantitative estimate of drug-likeness (QED) is 0.215. The predicted molar refractivity (Wildman–Crippen MR) is 159 cm³/mol. The van der Waals surface area contributed by atoms with Crippen LogP contribution in [0.4, 0.5) is 16.2 Å². The zero-order valence-electron chi connectivity index (χ0n) is 23.2. The zero-order chi connectivity index (χ0) is 28.9. The van der Waals surface area contributed by atoms with Gasteiger partial charge in [0.15, 0.2) is 5.76 Å². The van der Waals surface area contributed by atoms with Gasteiger partial charge in [0.05, 0.1) is 6.61 Å². The molecule has 2 atom stereocenters. The van der Waals surface area contributed by atoms with Crippen LogP contribution in [0.5, 0.6) is 0 Å². The van der Waals surface area contributed by atoms with Gasteiger partial charge in [-0.25, -0.2) is 9.59 Å². The maximum Gasteiger partial charge on any atom is 0.412 e. The zero-order valence-corrected chi connectivity index (χ0v) is 24.0. The number of aromatic nitrogens is 1. The SMILES string of the molecule is CCOC(=O)C1CCCN1c1ccc(-c2ccc(-c3onc(C)c3NC(=O)O[C@H](C)c3ccccc3Cl)cc2)cc1. The highest BCUT2D eigenvalue weighted by molar-refractivity contribution is 6.31. The monoisotopic (exact) mass is 573 g/mol. The van der Waals surface area contributed by atoms with Crippen LogP contribution >= 0.6 is 11.6 Å². The summed E-state index contributed by atoms with van der Waals surface area (Å²) in [4.78, 5) is 27.2. The number of anilines is 2. The minimum absolute atomic E-state index is 0.162. The van der Waals surface area contributed by atoms with Crippen molar-refractivity contribution in [2.24, 2.45) is 0 Å². The number of nitrogens with one attached hydrogen (secondary N) is 1. The molecule has 1 amide bonds. The number of rotatable bonds is 8. The lowest BCUT2D eigenvalue weighted by atomic mass is 10.0. The molecular formula is C32H32ClN3O5. The van der Waals surface area contributed by atoms with E-state index in [2.05, 4.69) is 15.4 Å². The van der Waals surface area contributed by atoms with Crippen LogP contribution in [-0.4, -0.2) is 36.4 Å². The van der Waals surface area contributed by atoms with Crippen LogP contribution in [0.2, 0.25) is 5.02 Å². The van der Waals surface area contributed by atoms with Crippen LogP contribution in [0.15, 0.2) is 77.3 Å². The molecule has 1 saturated heterocycles. The van der Waals surface area contributed by atoms with E-state index in [4.69, 9.17) is 25.6 Å². The molecule has 1 fully saturated rings. The molecule has 1 unspecified atom stereocenters. The van der Waals surface area contributed by atoms with E-state index in [-0.39, 0.29) is 12.0 Å². The predicted octanol–water partition coefficient (Wildman–Crippen LogP) is 7.81. The molecule has 4 aromatic rings. The Morgan fingerprint density at radius 3 is 2.39 bits per heavy atom. The summed E-state index contributed by atoms with van der Waals surface area (Å²) in [5.41, 5.74) is 5.51. The minimum atomic E-state index is -0.634. The van der Waals surface area contributed by atoms with Gasteiger partial charge in [0.1, 0.15) is 23.5 Å². The highest BCUT2D eigenvalue weighted by atomic mass is 35.5. The third-order valence-electron chi connectivity index (χ3n) is 7.21. The van der Waals surface area contributed by atoms with E-state index in [1.165, 1.54) is 0 Å². The number of carbonyl (C=O) groups is 2. The van der Waals surface area contributed by atoms with Crippen molar-refractivity contribution in [3.05, 3.63) is 89.1 Å². The number of esters is 1. The third kappa shape index (κ3) is 6.23. The Morgan fingerprint density at radius 2 is 1.71 bits per heavy atom. The molecule has 1 aliphatic rings. The first-order chi connectivity index (χ1) is 19.9. The lowest BCUT2D eigenvalue weighted by Gasteiger charge is -2.25. The summed E-state index contributed by atoms with van der Waals surface area (Å²) in [7, 11) is 0. The van der Waals surface area contributed by atoms with E-state index < -0.39 is 12.2 Å². The van der Waals surface area contributed by atoms with Crippen molar-refractivity contribution < 1.29 is 23.6 Å². The van der Waals surface area contributed by atoms with Gasteiger partial charge in [-0.05, 0) is 62.9 Å². The van der Waals surface area contributed by atoms with Crippen molar-refractivity contribution in [1.82, 2.24) is 5.16 Å². The Hall–Kier alpha value is -4.30. The number of hydrogen-bond acceptors (Lipinski definition) is 7. The summed E-state index contributed by atoms with van der Waals surface area (Å²) in [6.07, 6.45) is 0.588. The number of nitrogens with zero attached hydrogens (tertiary/aromatic N) is 2. The lowest BCUT2D eigenvalue weighted by Crippen LogP contribution is -2.37. The standard InChI is InChI=1S/C32H32ClN3O5/c1-4-39-31(37)28-10-7-19-36(28)25-17-15-23(16-18-25)22-11-13-24(14-12-22)30-29(20(2)35-41-30)34-32(38)40-21(3)26-8-5-6-9-27(26)33/h5-6,8-9,11-18,21,28H,4,7,10,19H2,1-3H3,(H,34,38)/t21-,28?/m1/s1. The van der Waals surface area contributed by atoms with Crippen LogP contribution < -0.4 is 10.2 Å². The second kappa shape index (κ2) is 12.5. The van der Waals surface area contributed by atoms with Gasteiger partial charge in [-0.3, -0.25) is 5.32 Å². The fourth-order valence-electron chi connectivity index (χ4n) is 5.09. The molecule has 9 heteroatoms. The number of hydrogen-bond donors (Lipinski definition) is 1. The van der Waals surface area contributed by atoms with Crippen molar-refractivity contribution in [3.8, 4) is 22.5 Å². The normalized spacial score (nSPS) is 15.4. The Morgan fingerprint density at radius 1 is 1.05 bits per heavy atom. The molecule has 41 heavy (non-hydrogen) atoms. The molecule has 0 radical (unpaired) electrons. The maximum absolute atomic E-state index is 12.7. The molecular weight excluding hydrogens is 542 g/mol. The van der Waals surface area contributed by atoms with E-state index in [0.717, 1.165) is 47.3 Å². The fourth-order valence-corrected chi connectivity index (χ4v) is 5.38. The maximum atomic E-state index is 12.7. The first kappa shape index (κ1) is 28.2. The number of amides is 1. The summed E-state index contributed by atoms with van der Waals surface area (Å²) in [5, 5.41) is 7.36. The van der Waals surface area contributed by atoms with Crippen molar-refractivity contribution in [3.63, 3.8) is 0 Å². The summed E-state index contributed by atoms with van der Waals surface area (Å²) >= 11 is 6.24. The average molecular weight is 574 g/mol. The lowest BCUT2D eigenvalue weighted by molar-refractivity contribution is -0.144. The van der Waals surface area contributed by atoms with Crippen LogP contribution in [0.1, 0.15) is 44.1 Å². The van der Waals surface area contributed by atoms with Gasteiger partial charge < -0.3 is 18.9 Å². The number of carbonyl (C=O) groups excluding carboxylic acids is 2. The summed E-state index contributed by atoms with van der Waals surface area (Å²) in [6.45, 7) is 6.56. The van der Waals surface area contributed by atoms with Gasteiger partial charge in [0.25, 0.3) is 0 Å². The Balaban J connectivity index is 1.27. The number of aryl methyl sites for hydroxylation is 1. The van der Waals surface area contributed by atoms with Crippen LogP contribution in [0.3, 0.4) is 0 Å². The molecule has 0 spiro atoms. The molecule has 1 N–H and O–H groups in total. The first-order valence-electron chi connectivity index (χ1n) is 13.7. The second-order valence-corrected chi connectivity index (χ2v) is 10.3. The van der Waals surface area contributed by atoms with Crippen molar-refractivity contribution >= 4 is 35.0 Å². The van der Waals surface area contributed by atoms with E-state index in [9.17, 15) is 9.59 Å². The molecule has 0 saturated carbocycles. The fraction of sp³-hybridized carbons (Fsp3) is 0.281. The minimum Gasteiger partial charge on any atom is -0.464 e. The second-order valence-electron chi connectivity index (χ2n) is 9.89. The number of ether oxygens (including phenoxy) is 2. The first-order valence-corrected chi connectivity index (χ1v) is 14.1. The topological polar surface area (TPSA) is 93.9 Å². The molecule has 0 aliphatic carbocycles. The smallest absolute Gasteiger partial charge is 0.412 e. The molecule has 3 aromatic carbocycles. The number of benzene rings is 3. The van der Waals surface area contributed by atoms with Crippen molar-refractivity contribution in [2.75, 3.05) is 23.4 Å². The van der Waals surface area contributed by atoms with Crippen molar-refractivity contribution in [2.45, 2.75) is 45.8 Å². The highest BCUT2D eigenvalue weighted by Gasteiger charge is 2.32. The Bertz CT molecular complexity index is 1520. The molecule has 2 heterocycles. The van der Waals surface area contributed by atoms with Gasteiger partial charge in [-0.1, -0.05) is 71.4 Å². The van der Waals surface area contributed by atoms with Crippen LogP contribution in [0.25, 0.3) is 22.5 Å². The summed E-state index contributed by atoms with van der Waals surface area (Å²) in [5.74, 6) is 0.273. The van der Waals surface area contributed by atoms with E-state index in [0.29, 0.717) is 28.8 Å². The molecule has 0 bridgehead atoms. The van der Waals surface area contributed by atoms with Gasteiger partial charge >= 0.3 is 12.1 Å². The largest absolute Gasteiger partial charge is 0.464 e. The van der Waals surface area contributed by atoms with Crippen molar-refractivity contribution in [1.29, 1.82) is 0 Å². The number of halogens is 1. The Labute approximate surface area is 244 Å². The van der Waals surface area contributed by atoms with Gasteiger partial charge in [0, 0.05) is 28.4 Å². The molecule has 212 valence electrons. The molecule has 5 rings (SSSR count). The van der Waals surface area contributed by atoms with E-state index in [1.807, 2.05) is 73.7 Å². The summed E-state index contributed by atoms with van der Waals surface area (Å²) in [6, 6.07) is 23.0. The highest BCUT2D eigenvalue weighted by Crippen LogP contribution is 2.34. The molecule has 1 aliphatic heterocycles. The Kier molecular flexibility index (Phi) is 8.59.